The molecule has 0 unspecified atom stereocenters. The van der Waals surface area contributed by atoms with Crippen molar-refractivity contribution < 1.29 is 14.3 Å². The highest BCUT2D eigenvalue weighted by atomic mass is 32.1. The SMILES string of the molecule is COCC(=O)N1CCC[C@](Cc2cccc(-c3cccs3)c2)(C(=O)N(C)C)C1. The minimum atomic E-state index is -0.598. The number of amides is 2. The summed E-state index contributed by atoms with van der Waals surface area (Å²) in [4.78, 5) is 30.3. The van der Waals surface area contributed by atoms with E-state index in [0.29, 0.717) is 19.5 Å². The Labute approximate surface area is 170 Å². The van der Waals surface area contributed by atoms with Crippen LogP contribution in [0.5, 0.6) is 0 Å². The normalized spacial score (nSPS) is 19.5. The number of ether oxygens (including phenoxy) is 1. The van der Waals surface area contributed by atoms with E-state index in [-0.39, 0.29) is 18.4 Å². The smallest absolute Gasteiger partial charge is 0.248 e. The van der Waals surface area contributed by atoms with Gasteiger partial charge in [-0.15, -0.1) is 11.3 Å². The molecule has 1 aromatic carbocycles. The highest BCUT2D eigenvalue weighted by molar-refractivity contribution is 7.13. The minimum absolute atomic E-state index is 0.0505. The van der Waals surface area contributed by atoms with E-state index in [4.69, 9.17) is 4.74 Å². The van der Waals surface area contributed by atoms with Crippen LogP contribution in [0.15, 0.2) is 41.8 Å². The number of benzene rings is 1. The number of hydrogen-bond donors (Lipinski definition) is 0. The van der Waals surface area contributed by atoms with Gasteiger partial charge in [0.1, 0.15) is 6.61 Å². The van der Waals surface area contributed by atoms with Crippen LogP contribution < -0.4 is 0 Å². The van der Waals surface area contributed by atoms with E-state index in [9.17, 15) is 9.59 Å². The lowest BCUT2D eigenvalue weighted by Crippen LogP contribution is -2.54. The van der Waals surface area contributed by atoms with Gasteiger partial charge in [0.25, 0.3) is 0 Å². The van der Waals surface area contributed by atoms with Crippen molar-refractivity contribution in [2.45, 2.75) is 19.3 Å². The number of methoxy groups -OCH3 is 1. The summed E-state index contributed by atoms with van der Waals surface area (Å²) in [5.74, 6) is 0.0365. The quantitative estimate of drug-likeness (QED) is 0.748. The van der Waals surface area contributed by atoms with Crippen LogP contribution in [0.1, 0.15) is 18.4 Å². The molecule has 2 amide bonds. The highest BCUT2D eigenvalue weighted by Gasteiger charge is 2.44. The highest BCUT2D eigenvalue weighted by Crippen LogP contribution is 2.36. The molecule has 0 aliphatic carbocycles. The number of carbonyl (C=O) groups is 2. The summed E-state index contributed by atoms with van der Waals surface area (Å²) in [6.07, 6.45) is 2.23. The van der Waals surface area contributed by atoms with Crippen molar-refractivity contribution in [1.82, 2.24) is 9.80 Å². The standard InChI is InChI=1S/C22H28N2O3S/c1-23(2)21(26)22(10-6-11-24(16-22)20(25)15-27-3)14-17-7-4-8-18(13-17)19-9-5-12-28-19/h4-5,7-9,12-13H,6,10-11,14-16H2,1-3H3/t22-/m1/s1. The first-order valence-electron chi connectivity index (χ1n) is 9.56. The third-order valence-corrected chi connectivity index (χ3v) is 6.25. The van der Waals surface area contributed by atoms with E-state index >= 15 is 0 Å². The number of carbonyl (C=O) groups excluding carboxylic acids is 2. The molecule has 2 heterocycles. The molecule has 0 radical (unpaired) electrons. The van der Waals surface area contributed by atoms with Crippen LogP contribution >= 0.6 is 11.3 Å². The maximum Gasteiger partial charge on any atom is 0.248 e. The predicted octanol–water partition coefficient (Wildman–Crippen LogP) is 3.30. The minimum Gasteiger partial charge on any atom is -0.375 e. The second kappa shape index (κ2) is 8.88. The fourth-order valence-electron chi connectivity index (χ4n) is 4.10. The molecule has 1 aromatic heterocycles. The molecule has 0 spiro atoms. The maximum atomic E-state index is 13.2. The van der Waals surface area contributed by atoms with Crippen molar-refractivity contribution in [2.75, 3.05) is 40.9 Å². The first-order valence-corrected chi connectivity index (χ1v) is 10.4. The zero-order valence-corrected chi connectivity index (χ0v) is 17.6. The monoisotopic (exact) mass is 400 g/mol. The first-order chi connectivity index (χ1) is 13.4. The molecule has 1 saturated heterocycles. The Kier molecular flexibility index (Phi) is 6.52. The summed E-state index contributed by atoms with van der Waals surface area (Å²) in [6.45, 7) is 1.18. The molecule has 0 saturated carbocycles. The fraction of sp³-hybridized carbons (Fsp3) is 0.455. The second-order valence-electron chi connectivity index (χ2n) is 7.69. The number of piperidine rings is 1. The average molecular weight is 401 g/mol. The summed E-state index contributed by atoms with van der Waals surface area (Å²) in [5.41, 5.74) is 1.70. The molecule has 28 heavy (non-hydrogen) atoms. The summed E-state index contributed by atoms with van der Waals surface area (Å²) in [7, 11) is 5.11. The van der Waals surface area contributed by atoms with Gasteiger partial charge >= 0.3 is 0 Å². The van der Waals surface area contributed by atoms with E-state index in [1.54, 1.807) is 35.2 Å². The molecule has 2 aromatic rings. The molecular formula is C22H28N2O3S. The third kappa shape index (κ3) is 4.45. The Bertz CT molecular complexity index is 819. The van der Waals surface area contributed by atoms with Gasteiger partial charge in [0.2, 0.25) is 11.8 Å². The zero-order valence-electron chi connectivity index (χ0n) is 16.8. The number of hydrogen-bond acceptors (Lipinski definition) is 4. The van der Waals surface area contributed by atoms with Crippen LogP contribution in [-0.2, 0) is 20.7 Å². The maximum absolute atomic E-state index is 13.2. The van der Waals surface area contributed by atoms with E-state index in [1.165, 1.54) is 17.6 Å². The molecule has 5 nitrogen and oxygen atoms in total. The molecule has 3 rings (SSSR count). The Hall–Kier alpha value is -2.18. The van der Waals surface area contributed by atoms with E-state index in [2.05, 4.69) is 35.7 Å². The van der Waals surface area contributed by atoms with Crippen LogP contribution in [0.3, 0.4) is 0 Å². The van der Waals surface area contributed by atoms with Gasteiger partial charge in [-0.2, -0.15) is 0 Å². The van der Waals surface area contributed by atoms with Gasteiger partial charge in [0.05, 0.1) is 5.41 Å². The third-order valence-electron chi connectivity index (χ3n) is 5.33. The number of thiophene rings is 1. The van der Waals surface area contributed by atoms with Crippen molar-refractivity contribution in [3.63, 3.8) is 0 Å². The largest absolute Gasteiger partial charge is 0.375 e. The first kappa shape index (κ1) is 20.6. The van der Waals surface area contributed by atoms with Crippen LogP contribution in [0.25, 0.3) is 10.4 Å². The van der Waals surface area contributed by atoms with Gasteiger partial charge in [-0.05, 0) is 41.8 Å². The molecule has 0 bridgehead atoms. The van der Waals surface area contributed by atoms with Gasteiger partial charge in [0, 0.05) is 39.2 Å². The zero-order chi connectivity index (χ0) is 20.1. The summed E-state index contributed by atoms with van der Waals surface area (Å²) >= 11 is 1.71. The van der Waals surface area contributed by atoms with E-state index in [1.807, 2.05) is 6.07 Å². The van der Waals surface area contributed by atoms with Crippen molar-refractivity contribution in [1.29, 1.82) is 0 Å². The molecule has 1 aliphatic rings. The molecule has 1 atom stereocenters. The van der Waals surface area contributed by atoms with Gasteiger partial charge < -0.3 is 14.5 Å². The Morgan fingerprint density at radius 2 is 2.07 bits per heavy atom. The topological polar surface area (TPSA) is 49.9 Å². The number of likely N-dealkylation sites (tertiary alicyclic amines) is 1. The second-order valence-corrected chi connectivity index (χ2v) is 8.63. The Morgan fingerprint density at radius 1 is 1.25 bits per heavy atom. The van der Waals surface area contributed by atoms with Gasteiger partial charge in [0.15, 0.2) is 0 Å². The fourth-order valence-corrected chi connectivity index (χ4v) is 4.82. The van der Waals surface area contributed by atoms with Gasteiger partial charge in [-0.3, -0.25) is 9.59 Å². The molecular weight excluding hydrogens is 372 g/mol. The van der Waals surface area contributed by atoms with Crippen molar-refractivity contribution in [3.8, 4) is 10.4 Å². The summed E-state index contributed by atoms with van der Waals surface area (Å²) < 4.78 is 5.02. The average Bonchev–Trinajstić information content (AvgIpc) is 3.23. The van der Waals surface area contributed by atoms with Gasteiger partial charge in [-0.1, -0.05) is 30.3 Å². The van der Waals surface area contributed by atoms with E-state index in [0.717, 1.165) is 18.4 Å². The summed E-state index contributed by atoms with van der Waals surface area (Å²) in [6, 6.07) is 12.6. The molecule has 1 aliphatic heterocycles. The van der Waals surface area contributed by atoms with Crippen molar-refractivity contribution >= 4 is 23.2 Å². The van der Waals surface area contributed by atoms with Crippen molar-refractivity contribution in [3.05, 3.63) is 47.3 Å². The molecule has 1 fully saturated rings. The van der Waals surface area contributed by atoms with Crippen LogP contribution in [0.2, 0.25) is 0 Å². The predicted molar refractivity (Wildman–Crippen MR) is 112 cm³/mol. The Balaban J connectivity index is 1.89. The van der Waals surface area contributed by atoms with Crippen LogP contribution in [0, 0.1) is 5.41 Å². The summed E-state index contributed by atoms with van der Waals surface area (Å²) in [5, 5.41) is 2.07. The van der Waals surface area contributed by atoms with Crippen LogP contribution in [0.4, 0.5) is 0 Å². The lowest BCUT2D eigenvalue weighted by Gasteiger charge is -2.43. The lowest BCUT2D eigenvalue weighted by atomic mass is 9.73. The molecule has 0 N–H and O–H groups in total. The molecule has 6 heteroatoms. The number of rotatable bonds is 6. The number of nitrogens with zero attached hydrogens (tertiary/aromatic N) is 2. The molecule has 150 valence electrons. The van der Waals surface area contributed by atoms with E-state index < -0.39 is 5.41 Å². The lowest BCUT2D eigenvalue weighted by molar-refractivity contribution is -0.148. The Morgan fingerprint density at radius 3 is 2.75 bits per heavy atom. The van der Waals surface area contributed by atoms with Crippen molar-refractivity contribution in [2.24, 2.45) is 5.41 Å². The van der Waals surface area contributed by atoms with Gasteiger partial charge in [-0.25, -0.2) is 0 Å². The van der Waals surface area contributed by atoms with Crippen LogP contribution in [-0.4, -0.2) is 62.5 Å².